The summed E-state index contributed by atoms with van der Waals surface area (Å²) in [5.74, 6) is 0.510. The Bertz CT molecular complexity index is 654. The van der Waals surface area contributed by atoms with Crippen molar-refractivity contribution >= 4 is 18.0 Å². The van der Waals surface area contributed by atoms with E-state index in [1.165, 1.54) is 17.3 Å². The number of hydrogen-bond donors (Lipinski definition) is 0. The molecule has 100 valence electrons. The molecule has 0 heterocycles. The molecule has 20 heavy (non-hydrogen) atoms. The molecule has 0 aromatic heterocycles. The summed E-state index contributed by atoms with van der Waals surface area (Å²) >= 11 is 1.54. The van der Waals surface area contributed by atoms with Crippen molar-refractivity contribution in [2.75, 3.05) is 0 Å². The van der Waals surface area contributed by atoms with Crippen LogP contribution >= 0.6 is 11.8 Å². The van der Waals surface area contributed by atoms with Crippen molar-refractivity contribution in [3.05, 3.63) is 59.2 Å². The first kappa shape index (κ1) is 14.4. The van der Waals surface area contributed by atoms with Crippen molar-refractivity contribution in [1.29, 1.82) is 5.26 Å². The summed E-state index contributed by atoms with van der Waals surface area (Å²) in [6.07, 6.45) is 0.757. The molecule has 0 aliphatic rings. The molecule has 3 heteroatoms. The number of nitrogens with zero attached hydrogens (tertiary/aromatic N) is 1. The van der Waals surface area contributed by atoms with Crippen LogP contribution in [0.4, 0.5) is 0 Å². The molecule has 0 N–H and O–H groups in total. The average Bonchev–Trinajstić information content (AvgIpc) is 2.48. The van der Waals surface area contributed by atoms with Crippen LogP contribution in [-0.2, 0) is 0 Å². The molecule has 0 fully saturated rings. The van der Waals surface area contributed by atoms with E-state index in [2.05, 4.69) is 44.2 Å². The van der Waals surface area contributed by atoms with Crippen LogP contribution in [0.2, 0.25) is 0 Å². The van der Waals surface area contributed by atoms with Crippen LogP contribution in [0.25, 0.3) is 0 Å². The molecule has 0 atom stereocenters. The van der Waals surface area contributed by atoms with E-state index in [0.717, 1.165) is 16.1 Å². The van der Waals surface area contributed by atoms with Crippen LogP contribution in [0.3, 0.4) is 0 Å². The van der Waals surface area contributed by atoms with Crippen LogP contribution in [0, 0.1) is 11.3 Å². The number of hydrogen-bond acceptors (Lipinski definition) is 3. The van der Waals surface area contributed by atoms with Gasteiger partial charge in [-0.1, -0.05) is 43.8 Å². The van der Waals surface area contributed by atoms with Gasteiger partial charge in [-0.25, -0.2) is 0 Å². The Hall–Kier alpha value is -2.05. The lowest BCUT2D eigenvalue weighted by Gasteiger charge is -2.08. The van der Waals surface area contributed by atoms with E-state index in [-0.39, 0.29) is 0 Å². The summed E-state index contributed by atoms with van der Waals surface area (Å²) in [6.45, 7) is 4.32. The topological polar surface area (TPSA) is 40.9 Å². The van der Waals surface area contributed by atoms with Crippen molar-refractivity contribution in [2.24, 2.45) is 0 Å². The molecule has 2 aromatic rings. The zero-order chi connectivity index (χ0) is 14.5. The van der Waals surface area contributed by atoms with Crippen LogP contribution in [0.1, 0.15) is 41.3 Å². The Morgan fingerprint density at radius 3 is 2.40 bits per heavy atom. The first-order valence-electron chi connectivity index (χ1n) is 6.41. The van der Waals surface area contributed by atoms with Gasteiger partial charge < -0.3 is 0 Å². The second-order valence-electron chi connectivity index (χ2n) is 4.81. The van der Waals surface area contributed by atoms with Gasteiger partial charge in [-0.3, -0.25) is 4.79 Å². The molecule has 0 aliphatic heterocycles. The van der Waals surface area contributed by atoms with Gasteiger partial charge in [0, 0.05) is 15.4 Å². The molecule has 0 saturated carbocycles. The maximum absolute atomic E-state index is 10.7. The smallest absolute Gasteiger partial charge is 0.150 e. The fourth-order valence-electron chi connectivity index (χ4n) is 1.85. The second-order valence-corrected chi connectivity index (χ2v) is 5.93. The van der Waals surface area contributed by atoms with E-state index in [0.29, 0.717) is 17.0 Å². The largest absolute Gasteiger partial charge is 0.298 e. The zero-order valence-electron chi connectivity index (χ0n) is 11.5. The Labute approximate surface area is 123 Å². The maximum Gasteiger partial charge on any atom is 0.150 e. The predicted octanol–water partition coefficient (Wildman–Crippen LogP) is 4.65. The minimum absolute atomic E-state index is 0.510. The molecule has 0 saturated heterocycles. The van der Waals surface area contributed by atoms with Crippen LogP contribution in [0.5, 0.6) is 0 Å². The van der Waals surface area contributed by atoms with Crippen molar-refractivity contribution in [3.63, 3.8) is 0 Å². The fraction of sp³-hybridized carbons (Fsp3) is 0.176. The van der Waals surface area contributed by atoms with E-state index in [1.807, 2.05) is 6.07 Å². The third kappa shape index (κ3) is 3.28. The van der Waals surface area contributed by atoms with Crippen molar-refractivity contribution in [1.82, 2.24) is 0 Å². The quantitative estimate of drug-likeness (QED) is 0.766. The molecular weight excluding hydrogens is 266 g/mol. The Morgan fingerprint density at radius 2 is 1.85 bits per heavy atom. The average molecular weight is 281 g/mol. The summed E-state index contributed by atoms with van der Waals surface area (Å²) in [5.41, 5.74) is 2.36. The highest BCUT2D eigenvalue weighted by molar-refractivity contribution is 7.99. The Balaban J connectivity index is 2.26. The van der Waals surface area contributed by atoms with Gasteiger partial charge in [0.1, 0.15) is 12.4 Å². The summed E-state index contributed by atoms with van der Waals surface area (Å²) < 4.78 is 0. The van der Waals surface area contributed by atoms with Gasteiger partial charge in [-0.05, 0) is 35.7 Å². The molecule has 0 aliphatic carbocycles. The van der Waals surface area contributed by atoms with Gasteiger partial charge in [0.2, 0.25) is 0 Å². The number of carbonyl (C=O) groups excluding carboxylic acids is 1. The highest BCUT2D eigenvalue weighted by Crippen LogP contribution is 2.31. The fourth-order valence-corrected chi connectivity index (χ4v) is 2.72. The lowest BCUT2D eigenvalue weighted by atomic mass is 10.0. The van der Waals surface area contributed by atoms with Gasteiger partial charge in [-0.2, -0.15) is 5.26 Å². The third-order valence-corrected chi connectivity index (χ3v) is 4.12. The molecule has 2 aromatic carbocycles. The number of carbonyl (C=O) groups is 1. The van der Waals surface area contributed by atoms with E-state index in [9.17, 15) is 4.79 Å². The molecule has 0 unspecified atom stereocenters. The molecule has 0 amide bonds. The lowest BCUT2D eigenvalue weighted by molar-refractivity contribution is 0.112. The zero-order valence-corrected chi connectivity index (χ0v) is 12.3. The summed E-state index contributed by atoms with van der Waals surface area (Å²) in [5, 5.41) is 9.15. The van der Waals surface area contributed by atoms with E-state index in [4.69, 9.17) is 5.26 Å². The van der Waals surface area contributed by atoms with Gasteiger partial charge >= 0.3 is 0 Å². The van der Waals surface area contributed by atoms with Gasteiger partial charge in [0.05, 0.1) is 5.56 Å². The first-order chi connectivity index (χ1) is 9.63. The molecule has 0 radical (unpaired) electrons. The number of nitriles is 1. The summed E-state index contributed by atoms with van der Waals surface area (Å²) in [7, 11) is 0. The minimum Gasteiger partial charge on any atom is -0.298 e. The molecule has 0 spiro atoms. The van der Waals surface area contributed by atoms with Crippen molar-refractivity contribution in [3.8, 4) is 6.07 Å². The molecule has 0 bridgehead atoms. The second kappa shape index (κ2) is 6.40. The summed E-state index contributed by atoms with van der Waals surface area (Å²) in [4.78, 5) is 12.7. The van der Waals surface area contributed by atoms with Gasteiger partial charge in [0.25, 0.3) is 0 Å². The SMILES string of the molecule is CC(C)c1ccc(Sc2ccc(C=O)cc2C#N)cc1. The summed E-state index contributed by atoms with van der Waals surface area (Å²) in [6, 6.07) is 15.7. The van der Waals surface area contributed by atoms with E-state index in [1.54, 1.807) is 12.1 Å². The highest BCUT2D eigenvalue weighted by Gasteiger charge is 2.06. The molecular formula is C17H15NOS. The standard InChI is InChI=1S/C17H15NOS/c1-12(2)14-4-6-16(7-5-14)20-17-8-3-13(11-19)9-15(17)10-18/h3-9,11-12H,1-2H3. The van der Waals surface area contributed by atoms with Gasteiger partial charge in [0.15, 0.2) is 0 Å². The highest BCUT2D eigenvalue weighted by atomic mass is 32.2. The Morgan fingerprint density at radius 1 is 1.15 bits per heavy atom. The minimum atomic E-state index is 0.510. The predicted molar refractivity (Wildman–Crippen MR) is 81.2 cm³/mol. The van der Waals surface area contributed by atoms with E-state index >= 15 is 0 Å². The van der Waals surface area contributed by atoms with Crippen molar-refractivity contribution in [2.45, 2.75) is 29.6 Å². The monoisotopic (exact) mass is 281 g/mol. The molecule has 2 rings (SSSR count). The normalized spacial score (nSPS) is 10.3. The lowest BCUT2D eigenvalue weighted by Crippen LogP contribution is -1.88. The first-order valence-corrected chi connectivity index (χ1v) is 7.23. The Kier molecular flexibility index (Phi) is 4.60. The van der Waals surface area contributed by atoms with Crippen LogP contribution < -0.4 is 0 Å². The number of benzene rings is 2. The van der Waals surface area contributed by atoms with Crippen molar-refractivity contribution < 1.29 is 4.79 Å². The number of aldehydes is 1. The van der Waals surface area contributed by atoms with Crippen LogP contribution in [-0.4, -0.2) is 6.29 Å². The van der Waals surface area contributed by atoms with Gasteiger partial charge in [-0.15, -0.1) is 0 Å². The van der Waals surface area contributed by atoms with E-state index < -0.39 is 0 Å². The van der Waals surface area contributed by atoms with Crippen LogP contribution in [0.15, 0.2) is 52.3 Å². The third-order valence-electron chi connectivity index (χ3n) is 3.03. The maximum atomic E-state index is 10.7. The molecule has 2 nitrogen and oxygen atoms in total. The number of rotatable bonds is 4.